The maximum atomic E-state index is 13.2. The number of benzene rings is 1. The Bertz CT molecular complexity index is 559. The molecular formula is C11H13BrFNO3S. The number of carbonyl (C=O) groups is 1. The van der Waals surface area contributed by atoms with Crippen molar-refractivity contribution < 1.29 is 17.6 Å². The zero-order valence-electron chi connectivity index (χ0n) is 9.91. The Morgan fingerprint density at radius 3 is 2.67 bits per heavy atom. The predicted octanol–water partition coefficient (Wildman–Crippen LogP) is 1.75. The Morgan fingerprint density at radius 2 is 2.11 bits per heavy atom. The summed E-state index contributed by atoms with van der Waals surface area (Å²) < 4.78 is 35.4. The van der Waals surface area contributed by atoms with Crippen molar-refractivity contribution in [2.75, 3.05) is 12.0 Å². The van der Waals surface area contributed by atoms with E-state index in [1.807, 2.05) is 0 Å². The monoisotopic (exact) mass is 337 g/mol. The van der Waals surface area contributed by atoms with Gasteiger partial charge < -0.3 is 5.32 Å². The van der Waals surface area contributed by atoms with E-state index in [1.54, 1.807) is 6.92 Å². The molecule has 0 saturated carbocycles. The molecule has 1 aromatic rings. The number of nitrogens with one attached hydrogen (secondary N) is 1. The first-order valence-electron chi connectivity index (χ1n) is 5.13. The lowest BCUT2D eigenvalue weighted by Gasteiger charge is -2.13. The van der Waals surface area contributed by atoms with Crippen molar-refractivity contribution in [1.82, 2.24) is 5.32 Å². The lowest BCUT2D eigenvalue weighted by atomic mass is 10.2. The van der Waals surface area contributed by atoms with Crippen LogP contribution in [0, 0.1) is 5.82 Å². The molecule has 1 unspecified atom stereocenters. The van der Waals surface area contributed by atoms with Gasteiger partial charge in [-0.3, -0.25) is 4.79 Å². The molecule has 7 heteroatoms. The highest BCUT2D eigenvalue weighted by atomic mass is 79.9. The molecule has 0 spiro atoms. The van der Waals surface area contributed by atoms with Gasteiger partial charge in [0.25, 0.3) is 5.91 Å². The summed E-state index contributed by atoms with van der Waals surface area (Å²) in [5.41, 5.74) is 0.135. The van der Waals surface area contributed by atoms with Gasteiger partial charge in [-0.2, -0.15) is 0 Å². The van der Waals surface area contributed by atoms with Crippen LogP contribution in [0.2, 0.25) is 0 Å². The van der Waals surface area contributed by atoms with Crippen LogP contribution in [0.3, 0.4) is 0 Å². The highest BCUT2D eigenvalue weighted by Crippen LogP contribution is 2.20. The normalized spacial score (nSPS) is 13.1. The van der Waals surface area contributed by atoms with E-state index in [1.165, 1.54) is 18.2 Å². The number of carbonyl (C=O) groups excluding carboxylic acids is 1. The smallest absolute Gasteiger partial charge is 0.252 e. The van der Waals surface area contributed by atoms with Crippen LogP contribution in [0.5, 0.6) is 0 Å². The lowest BCUT2D eigenvalue weighted by molar-refractivity contribution is 0.0942. The standard InChI is InChI=1S/C11H13BrFNO3S/c1-7(6-18(2,16)17)14-11(15)8-4-3-5-9(13)10(8)12/h3-5,7H,6H2,1-2H3,(H,14,15). The van der Waals surface area contributed by atoms with Gasteiger partial charge in [-0.1, -0.05) is 6.07 Å². The number of sulfone groups is 1. The summed E-state index contributed by atoms with van der Waals surface area (Å²) in [7, 11) is -3.17. The molecule has 1 rings (SSSR count). The Morgan fingerprint density at radius 1 is 1.50 bits per heavy atom. The molecule has 1 atom stereocenters. The number of hydrogen-bond acceptors (Lipinski definition) is 3. The van der Waals surface area contributed by atoms with Crippen molar-refractivity contribution in [2.24, 2.45) is 0 Å². The third kappa shape index (κ3) is 4.38. The molecule has 0 aromatic heterocycles. The molecule has 4 nitrogen and oxygen atoms in total. The topological polar surface area (TPSA) is 63.2 Å². The van der Waals surface area contributed by atoms with Gasteiger partial charge in [0.1, 0.15) is 15.7 Å². The first kappa shape index (κ1) is 15.1. The number of halogens is 2. The van der Waals surface area contributed by atoms with Crippen LogP contribution in [0.1, 0.15) is 17.3 Å². The summed E-state index contributed by atoms with van der Waals surface area (Å²) in [6, 6.07) is 3.55. The number of rotatable bonds is 4. The van der Waals surface area contributed by atoms with E-state index in [-0.39, 0.29) is 15.8 Å². The number of hydrogen-bond donors (Lipinski definition) is 1. The molecule has 1 amide bonds. The molecule has 0 heterocycles. The van der Waals surface area contributed by atoms with Crippen LogP contribution in [-0.2, 0) is 9.84 Å². The number of amides is 1. The van der Waals surface area contributed by atoms with Crippen LogP contribution < -0.4 is 5.32 Å². The van der Waals surface area contributed by atoms with E-state index in [0.29, 0.717) is 0 Å². The maximum Gasteiger partial charge on any atom is 0.252 e. The van der Waals surface area contributed by atoms with Crippen LogP contribution in [-0.4, -0.2) is 32.4 Å². The summed E-state index contributed by atoms with van der Waals surface area (Å²) in [5.74, 6) is -1.22. The SMILES string of the molecule is CC(CS(C)(=O)=O)NC(=O)c1cccc(F)c1Br. The molecular weight excluding hydrogens is 325 g/mol. The lowest BCUT2D eigenvalue weighted by Crippen LogP contribution is -2.37. The van der Waals surface area contributed by atoms with Gasteiger partial charge in [0.15, 0.2) is 0 Å². The Hall–Kier alpha value is -0.950. The maximum absolute atomic E-state index is 13.2. The van der Waals surface area contributed by atoms with Gasteiger partial charge in [-0.25, -0.2) is 12.8 Å². The van der Waals surface area contributed by atoms with E-state index < -0.39 is 27.6 Å². The van der Waals surface area contributed by atoms with E-state index in [4.69, 9.17) is 0 Å². The second-order valence-corrected chi connectivity index (χ2v) is 7.05. The van der Waals surface area contributed by atoms with Crippen molar-refractivity contribution in [1.29, 1.82) is 0 Å². The molecule has 100 valence electrons. The van der Waals surface area contributed by atoms with Gasteiger partial charge in [0, 0.05) is 12.3 Å². The third-order valence-corrected chi connectivity index (χ3v) is 4.04. The average Bonchev–Trinajstić information content (AvgIpc) is 2.18. The van der Waals surface area contributed by atoms with Gasteiger partial charge in [-0.05, 0) is 35.0 Å². The van der Waals surface area contributed by atoms with E-state index in [9.17, 15) is 17.6 Å². The van der Waals surface area contributed by atoms with Crippen LogP contribution in [0.15, 0.2) is 22.7 Å². The fraction of sp³-hybridized carbons (Fsp3) is 0.364. The Kier molecular flexibility index (Phi) is 4.86. The van der Waals surface area contributed by atoms with Crippen LogP contribution in [0.25, 0.3) is 0 Å². The third-order valence-electron chi connectivity index (χ3n) is 2.13. The summed E-state index contributed by atoms with van der Waals surface area (Å²) in [6.07, 6.45) is 1.09. The quantitative estimate of drug-likeness (QED) is 0.910. The van der Waals surface area contributed by atoms with Crippen molar-refractivity contribution in [3.8, 4) is 0 Å². The molecule has 0 aliphatic rings. The molecule has 0 fully saturated rings. The minimum absolute atomic E-state index is 0.0639. The fourth-order valence-electron chi connectivity index (χ4n) is 1.48. The minimum Gasteiger partial charge on any atom is -0.349 e. The molecule has 0 radical (unpaired) electrons. The van der Waals surface area contributed by atoms with Crippen LogP contribution >= 0.6 is 15.9 Å². The summed E-state index contributed by atoms with van der Waals surface area (Å²) in [6.45, 7) is 1.58. The Balaban J connectivity index is 2.80. The first-order valence-corrected chi connectivity index (χ1v) is 7.98. The first-order chi connectivity index (χ1) is 8.20. The molecule has 0 bridgehead atoms. The van der Waals surface area contributed by atoms with Gasteiger partial charge in [0.2, 0.25) is 0 Å². The summed E-state index contributed by atoms with van der Waals surface area (Å²) in [4.78, 5) is 11.8. The largest absolute Gasteiger partial charge is 0.349 e. The molecule has 1 aromatic carbocycles. The van der Waals surface area contributed by atoms with Crippen molar-refractivity contribution in [3.05, 3.63) is 34.1 Å². The highest BCUT2D eigenvalue weighted by molar-refractivity contribution is 9.10. The summed E-state index contributed by atoms with van der Waals surface area (Å²) >= 11 is 2.98. The van der Waals surface area contributed by atoms with Gasteiger partial charge in [-0.15, -0.1) is 0 Å². The van der Waals surface area contributed by atoms with E-state index in [0.717, 1.165) is 6.26 Å². The van der Waals surface area contributed by atoms with Gasteiger partial charge in [0.05, 0.1) is 15.8 Å². The molecule has 0 saturated heterocycles. The second kappa shape index (κ2) is 5.79. The zero-order valence-corrected chi connectivity index (χ0v) is 12.3. The van der Waals surface area contributed by atoms with E-state index in [2.05, 4.69) is 21.2 Å². The molecule has 0 aliphatic carbocycles. The second-order valence-electron chi connectivity index (χ2n) is 4.07. The Labute approximate surface area is 114 Å². The molecule has 18 heavy (non-hydrogen) atoms. The van der Waals surface area contributed by atoms with Crippen LogP contribution in [0.4, 0.5) is 4.39 Å². The minimum atomic E-state index is -3.17. The highest BCUT2D eigenvalue weighted by Gasteiger charge is 2.17. The predicted molar refractivity (Wildman–Crippen MR) is 70.7 cm³/mol. The average molecular weight is 338 g/mol. The fourth-order valence-corrected chi connectivity index (χ4v) is 2.91. The summed E-state index contributed by atoms with van der Waals surface area (Å²) in [5, 5.41) is 2.51. The van der Waals surface area contributed by atoms with E-state index >= 15 is 0 Å². The van der Waals surface area contributed by atoms with Gasteiger partial charge >= 0.3 is 0 Å². The van der Waals surface area contributed by atoms with Crippen molar-refractivity contribution >= 4 is 31.7 Å². The zero-order chi connectivity index (χ0) is 13.9. The van der Waals surface area contributed by atoms with Crippen molar-refractivity contribution in [3.63, 3.8) is 0 Å². The molecule has 0 aliphatic heterocycles. The molecule has 1 N–H and O–H groups in total. The van der Waals surface area contributed by atoms with Crippen molar-refractivity contribution in [2.45, 2.75) is 13.0 Å².